The number of nitrogens with zero attached hydrogens (tertiary/aromatic N) is 2. The maximum absolute atomic E-state index is 13.0. The first-order valence-corrected chi connectivity index (χ1v) is 11.9. The third-order valence-corrected chi connectivity index (χ3v) is 7.00. The average Bonchev–Trinajstić information content (AvgIpc) is 3.16. The Hall–Kier alpha value is -1.64. The van der Waals surface area contributed by atoms with Crippen molar-refractivity contribution in [2.45, 2.75) is 45.2 Å². The molecule has 0 spiro atoms. The number of carbonyl (C=O) groups excluding carboxylic acids is 2. The lowest BCUT2D eigenvalue weighted by molar-refractivity contribution is -0.142. The number of nitrogens with one attached hydrogen (secondary N) is 1. The fraction of sp³-hybridized carbons (Fsp3) is 0.579. The van der Waals surface area contributed by atoms with E-state index >= 15 is 0 Å². The van der Waals surface area contributed by atoms with Gasteiger partial charge in [0.1, 0.15) is 6.04 Å². The number of hydrogen-bond acceptors (Lipinski definition) is 4. The Bertz CT molecular complexity index is 828. The molecule has 1 aromatic carbocycles. The van der Waals surface area contributed by atoms with Crippen LogP contribution in [0, 0.1) is 12.8 Å². The molecule has 2 fully saturated rings. The smallest absolute Gasteiger partial charge is 0.299 e. The third-order valence-electron chi connectivity index (χ3n) is 5.47. The van der Waals surface area contributed by atoms with Crippen molar-refractivity contribution >= 4 is 31.7 Å². The minimum Gasteiger partial charge on any atom is -0.350 e. The minimum absolute atomic E-state index is 0.0822. The summed E-state index contributed by atoms with van der Waals surface area (Å²) in [6.45, 7) is 3.35. The lowest BCUT2D eigenvalue weighted by Crippen LogP contribution is -2.50. The second-order valence-corrected chi connectivity index (χ2v) is 10.0. The van der Waals surface area contributed by atoms with Gasteiger partial charge in [-0.05, 0) is 38.2 Å². The molecule has 2 aliphatic rings. The van der Waals surface area contributed by atoms with E-state index in [1.54, 1.807) is 4.90 Å². The summed E-state index contributed by atoms with van der Waals surface area (Å²) >= 11 is 0. The fourth-order valence-electron chi connectivity index (χ4n) is 3.89. The van der Waals surface area contributed by atoms with Crippen LogP contribution in [0.25, 0.3) is 0 Å². The summed E-state index contributed by atoms with van der Waals surface area (Å²) in [5.74, 6) is -0.769. The maximum Gasteiger partial charge on any atom is 0.299 e. The van der Waals surface area contributed by atoms with Gasteiger partial charge >= 0.3 is 0 Å². The van der Waals surface area contributed by atoms with Gasteiger partial charge in [0.2, 0.25) is 11.8 Å². The maximum atomic E-state index is 13.0. The fourth-order valence-corrected chi connectivity index (χ4v) is 4.97. The summed E-state index contributed by atoms with van der Waals surface area (Å²) in [5.41, 5.74) is 2.16. The predicted octanol–water partition coefficient (Wildman–Crippen LogP) is 1.80. The van der Waals surface area contributed by atoms with Crippen LogP contribution in [0.3, 0.4) is 0 Å². The third kappa shape index (κ3) is 5.04. The van der Waals surface area contributed by atoms with Gasteiger partial charge in [-0.1, -0.05) is 29.8 Å². The SMILES string of the molecule is Cc1ccc(CNC(=O)[C@H]2CCCN2C(=O)[C@H]2CCCN(S(=O)(=O)Cl)C2)cc1. The largest absolute Gasteiger partial charge is 0.350 e. The Morgan fingerprint density at radius 1 is 1.14 bits per heavy atom. The van der Waals surface area contributed by atoms with Gasteiger partial charge in [-0.3, -0.25) is 9.59 Å². The van der Waals surface area contributed by atoms with Crippen molar-refractivity contribution in [2.75, 3.05) is 19.6 Å². The van der Waals surface area contributed by atoms with Crippen molar-refractivity contribution < 1.29 is 18.0 Å². The molecule has 7 nitrogen and oxygen atoms in total. The van der Waals surface area contributed by atoms with Crippen LogP contribution in [-0.2, 0) is 25.4 Å². The molecule has 0 aliphatic carbocycles. The molecule has 9 heteroatoms. The van der Waals surface area contributed by atoms with Crippen molar-refractivity contribution in [1.29, 1.82) is 0 Å². The van der Waals surface area contributed by atoms with Crippen LogP contribution >= 0.6 is 10.7 Å². The van der Waals surface area contributed by atoms with Crippen LogP contribution in [0.15, 0.2) is 24.3 Å². The van der Waals surface area contributed by atoms with Crippen LogP contribution < -0.4 is 5.32 Å². The molecule has 2 aliphatic heterocycles. The monoisotopic (exact) mass is 427 g/mol. The Labute approximate surface area is 170 Å². The van der Waals surface area contributed by atoms with E-state index in [0.717, 1.165) is 21.9 Å². The molecular formula is C19H26ClN3O4S. The number of piperidine rings is 1. The Balaban J connectivity index is 1.60. The summed E-state index contributed by atoms with van der Waals surface area (Å²) in [6.07, 6.45) is 2.57. The summed E-state index contributed by atoms with van der Waals surface area (Å²) in [7, 11) is 1.61. The zero-order valence-corrected chi connectivity index (χ0v) is 17.5. The molecular weight excluding hydrogens is 402 g/mol. The van der Waals surface area contributed by atoms with Crippen LogP contribution in [0.4, 0.5) is 0 Å². The molecule has 2 heterocycles. The molecule has 0 unspecified atom stereocenters. The molecule has 28 heavy (non-hydrogen) atoms. The van der Waals surface area contributed by atoms with E-state index < -0.39 is 21.2 Å². The summed E-state index contributed by atoms with van der Waals surface area (Å²) in [4.78, 5) is 27.3. The first-order valence-electron chi connectivity index (χ1n) is 9.59. The number of likely N-dealkylation sites (tertiary alicyclic amines) is 1. The van der Waals surface area contributed by atoms with Gasteiger partial charge in [-0.2, -0.15) is 12.7 Å². The number of hydrogen-bond donors (Lipinski definition) is 1. The number of benzene rings is 1. The normalized spacial score (nSPS) is 23.6. The minimum atomic E-state index is -3.83. The van der Waals surface area contributed by atoms with E-state index in [-0.39, 0.29) is 18.4 Å². The quantitative estimate of drug-likeness (QED) is 0.726. The van der Waals surface area contributed by atoms with E-state index in [2.05, 4.69) is 5.32 Å². The van der Waals surface area contributed by atoms with E-state index in [1.165, 1.54) is 0 Å². The van der Waals surface area contributed by atoms with Gasteiger partial charge in [-0.15, -0.1) is 0 Å². The molecule has 2 saturated heterocycles. The molecule has 0 aromatic heterocycles. The highest BCUT2D eigenvalue weighted by Gasteiger charge is 2.39. The number of amides is 2. The summed E-state index contributed by atoms with van der Waals surface area (Å²) in [5, 5.41) is 2.92. The van der Waals surface area contributed by atoms with E-state index in [9.17, 15) is 18.0 Å². The predicted molar refractivity (Wildman–Crippen MR) is 107 cm³/mol. The van der Waals surface area contributed by atoms with Crippen LogP contribution in [0.2, 0.25) is 0 Å². The molecule has 154 valence electrons. The van der Waals surface area contributed by atoms with Gasteiger partial charge in [0.15, 0.2) is 0 Å². The number of halogens is 1. The second kappa shape index (κ2) is 8.80. The van der Waals surface area contributed by atoms with Gasteiger partial charge in [0.05, 0.1) is 5.92 Å². The molecule has 2 atom stereocenters. The first kappa shape index (κ1) is 21.1. The lowest BCUT2D eigenvalue weighted by Gasteiger charge is -2.33. The van der Waals surface area contributed by atoms with Gasteiger partial charge in [0.25, 0.3) is 9.24 Å². The topological polar surface area (TPSA) is 86.8 Å². The van der Waals surface area contributed by atoms with Crippen molar-refractivity contribution in [3.63, 3.8) is 0 Å². The molecule has 3 rings (SSSR count). The summed E-state index contributed by atoms with van der Waals surface area (Å²) in [6, 6.07) is 7.42. The van der Waals surface area contributed by atoms with Crippen molar-refractivity contribution in [1.82, 2.24) is 14.5 Å². The van der Waals surface area contributed by atoms with Crippen molar-refractivity contribution in [3.05, 3.63) is 35.4 Å². The molecule has 0 bridgehead atoms. The van der Waals surface area contributed by atoms with Crippen LogP contribution in [-0.4, -0.2) is 55.1 Å². The highest BCUT2D eigenvalue weighted by atomic mass is 35.7. The zero-order chi connectivity index (χ0) is 20.3. The van der Waals surface area contributed by atoms with Gasteiger partial charge in [-0.25, -0.2) is 0 Å². The summed E-state index contributed by atoms with van der Waals surface area (Å²) < 4.78 is 24.3. The zero-order valence-electron chi connectivity index (χ0n) is 15.9. The van der Waals surface area contributed by atoms with Crippen molar-refractivity contribution in [3.8, 4) is 0 Å². The Morgan fingerprint density at radius 3 is 2.50 bits per heavy atom. The van der Waals surface area contributed by atoms with E-state index in [1.807, 2.05) is 31.2 Å². The van der Waals surface area contributed by atoms with Crippen molar-refractivity contribution in [2.24, 2.45) is 5.92 Å². The lowest BCUT2D eigenvalue weighted by atomic mass is 9.97. The molecule has 0 saturated carbocycles. The second-order valence-electron chi connectivity index (χ2n) is 7.53. The van der Waals surface area contributed by atoms with Crippen LogP contribution in [0.5, 0.6) is 0 Å². The van der Waals surface area contributed by atoms with Gasteiger partial charge in [0, 0.05) is 36.9 Å². The Morgan fingerprint density at radius 2 is 1.82 bits per heavy atom. The average molecular weight is 428 g/mol. The number of carbonyl (C=O) groups is 2. The molecule has 0 radical (unpaired) electrons. The Kier molecular flexibility index (Phi) is 6.62. The van der Waals surface area contributed by atoms with E-state index in [0.29, 0.717) is 38.9 Å². The molecule has 2 amide bonds. The van der Waals surface area contributed by atoms with Gasteiger partial charge < -0.3 is 10.2 Å². The van der Waals surface area contributed by atoms with E-state index in [4.69, 9.17) is 10.7 Å². The highest BCUT2D eigenvalue weighted by molar-refractivity contribution is 8.11. The standard InChI is InChI=1S/C19H26ClN3O4S/c1-14-6-8-15(9-7-14)12-21-18(24)17-5-3-11-23(17)19(25)16-4-2-10-22(13-16)28(20,26)27/h6-9,16-17H,2-5,10-13H2,1H3,(H,21,24)/t16-,17+/m0/s1. The van der Waals surface area contributed by atoms with Crippen LogP contribution in [0.1, 0.15) is 36.8 Å². The number of aryl methyl sites for hydroxylation is 1. The first-order chi connectivity index (χ1) is 13.3. The molecule has 1 aromatic rings. The highest BCUT2D eigenvalue weighted by Crippen LogP contribution is 2.26. The number of rotatable bonds is 5. The molecule has 1 N–H and O–H groups in total.